The fourth-order valence-corrected chi connectivity index (χ4v) is 3.12. The van der Waals surface area contributed by atoms with Gasteiger partial charge in [-0.05, 0) is 29.9 Å². The maximum atomic E-state index is 6.17. The summed E-state index contributed by atoms with van der Waals surface area (Å²) >= 11 is 1.76. The first-order valence-corrected chi connectivity index (χ1v) is 8.85. The van der Waals surface area contributed by atoms with Gasteiger partial charge >= 0.3 is 0 Å². The molecule has 0 bridgehead atoms. The van der Waals surface area contributed by atoms with Crippen LogP contribution in [0.2, 0.25) is 0 Å². The topological polar surface area (TPSA) is 75.9 Å². The van der Waals surface area contributed by atoms with Gasteiger partial charge in [-0.1, -0.05) is 36.4 Å². The largest absolute Gasteiger partial charge is 0.393 e. The molecule has 0 aliphatic carbocycles. The van der Waals surface area contributed by atoms with E-state index in [1.807, 2.05) is 18.2 Å². The van der Waals surface area contributed by atoms with E-state index in [-0.39, 0.29) is 0 Å². The van der Waals surface area contributed by atoms with Gasteiger partial charge in [-0.2, -0.15) is 0 Å². The maximum absolute atomic E-state index is 6.17. The molecule has 0 spiro atoms. The summed E-state index contributed by atoms with van der Waals surface area (Å²) in [6.07, 6.45) is 3.41. The van der Waals surface area contributed by atoms with Crippen LogP contribution in [-0.2, 0) is 12.8 Å². The van der Waals surface area contributed by atoms with Gasteiger partial charge in [-0.25, -0.2) is 9.97 Å². The molecule has 6 heteroatoms. The Balaban J connectivity index is 1.52. The summed E-state index contributed by atoms with van der Waals surface area (Å²) in [5, 5.41) is 8.67. The van der Waals surface area contributed by atoms with Crippen LogP contribution in [0.4, 0.5) is 17.3 Å². The van der Waals surface area contributed by atoms with Crippen molar-refractivity contribution in [3.05, 3.63) is 64.6 Å². The summed E-state index contributed by atoms with van der Waals surface area (Å²) in [5.41, 5.74) is 8.03. The molecule has 1 aromatic carbocycles. The molecule has 2 heterocycles. The van der Waals surface area contributed by atoms with Gasteiger partial charge in [-0.15, -0.1) is 11.3 Å². The number of hydrogen-bond donors (Lipinski definition) is 3. The van der Waals surface area contributed by atoms with Crippen molar-refractivity contribution in [3.8, 4) is 0 Å². The molecule has 24 heavy (non-hydrogen) atoms. The lowest BCUT2D eigenvalue weighted by Crippen LogP contribution is -2.13. The van der Waals surface area contributed by atoms with E-state index in [4.69, 9.17) is 5.73 Å². The van der Waals surface area contributed by atoms with Crippen LogP contribution < -0.4 is 16.4 Å². The van der Waals surface area contributed by atoms with Crippen molar-refractivity contribution in [1.82, 2.24) is 9.97 Å². The fourth-order valence-electron chi connectivity index (χ4n) is 2.41. The average Bonchev–Trinajstić information content (AvgIpc) is 3.12. The number of rotatable bonds is 8. The van der Waals surface area contributed by atoms with Crippen LogP contribution in [0, 0.1) is 0 Å². The van der Waals surface area contributed by atoms with Gasteiger partial charge < -0.3 is 16.4 Å². The maximum Gasteiger partial charge on any atom is 0.154 e. The van der Waals surface area contributed by atoms with Crippen LogP contribution in [0.3, 0.4) is 0 Å². The van der Waals surface area contributed by atoms with Crippen molar-refractivity contribution >= 4 is 28.7 Å². The van der Waals surface area contributed by atoms with Crippen molar-refractivity contribution in [2.24, 2.45) is 0 Å². The molecule has 0 saturated heterocycles. The minimum Gasteiger partial charge on any atom is -0.393 e. The summed E-state index contributed by atoms with van der Waals surface area (Å²) < 4.78 is 0. The second kappa shape index (κ2) is 8.31. The number of nitrogens with one attached hydrogen (secondary N) is 2. The molecule has 0 atom stereocenters. The van der Waals surface area contributed by atoms with E-state index in [2.05, 4.69) is 50.2 Å². The van der Waals surface area contributed by atoms with Gasteiger partial charge in [0.2, 0.25) is 0 Å². The molecule has 3 aromatic rings. The Morgan fingerprint density at radius 1 is 0.875 bits per heavy atom. The standard InChI is InChI=1S/C18H21N5S/c19-16-17(20-10-8-14-5-2-1-3-6-14)22-13-23-18(16)21-11-9-15-7-4-12-24-15/h1-7,12-13H,8-11,19H2,(H2,20,21,22,23). The zero-order chi connectivity index (χ0) is 16.6. The van der Waals surface area contributed by atoms with Gasteiger partial charge in [0.05, 0.1) is 0 Å². The Morgan fingerprint density at radius 3 is 2.25 bits per heavy atom. The molecule has 2 aromatic heterocycles. The van der Waals surface area contributed by atoms with Gasteiger partial charge in [0.25, 0.3) is 0 Å². The Bertz CT molecular complexity index is 743. The molecule has 3 rings (SSSR count). The first-order valence-electron chi connectivity index (χ1n) is 7.97. The molecular formula is C18H21N5S. The zero-order valence-corrected chi connectivity index (χ0v) is 14.2. The van der Waals surface area contributed by atoms with Gasteiger partial charge in [0, 0.05) is 18.0 Å². The molecule has 0 fully saturated rings. The molecule has 0 saturated carbocycles. The van der Waals surface area contributed by atoms with E-state index in [0.717, 1.165) is 25.9 Å². The zero-order valence-electron chi connectivity index (χ0n) is 13.4. The molecule has 0 aliphatic heterocycles. The van der Waals surface area contributed by atoms with Crippen molar-refractivity contribution in [2.45, 2.75) is 12.8 Å². The third-order valence-electron chi connectivity index (χ3n) is 3.68. The Hall–Kier alpha value is -2.60. The summed E-state index contributed by atoms with van der Waals surface area (Å²) in [6, 6.07) is 14.5. The highest BCUT2D eigenvalue weighted by molar-refractivity contribution is 7.09. The van der Waals surface area contributed by atoms with E-state index in [0.29, 0.717) is 17.3 Å². The quantitative estimate of drug-likeness (QED) is 0.586. The number of thiophene rings is 1. The lowest BCUT2D eigenvalue weighted by molar-refractivity contribution is 0.992. The van der Waals surface area contributed by atoms with E-state index in [1.54, 1.807) is 11.3 Å². The number of benzene rings is 1. The number of anilines is 3. The number of nitrogens with two attached hydrogens (primary N) is 1. The predicted octanol–water partition coefficient (Wildman–Crippen LogP) is 3.43. The molecule has 0 unspecified atom stereocenters. The third kappa shape index (κ3) is 4.45. The van der Waals surface area contributed by atoms with E-state index in [1.165, 1.54) is 16.8 Å². The average molecular weight is 339 g/mol. The molecule has 0 amide bonds. The van der Waals surface area contributed by atoms with Crippen molar-refractivity contribution in [1.29, 1.82) is 0 Å². The molecule has 124 valence electrons. The SMILES string of the molecule is Nc1c(NCCc2ccccc2)ncnc1NCCc1cccs1. The lowest BCUT2D eigenvalue weighted by atomic mass is 10.1. The van der Waals surface area contributed by atoms with Crippen molar-refractivity contribution < 1.29 is 0 Å². The Labute approximate surface area is 146 Å². The molecule has 0 aliphatic rings. The van der Waals surface area contributed by atoms with Gasteiger partial charge in [-0.3, -0.25) is 0 Å². The van der Waals surface area contributed by atoms with Crippen LogP contribution in [0.1, 0.15) is 10.4 Å². The molecular weight excluding hydrogens is 318 g/mol. The summed E-state index contributed by atoms with van der Waals surface area (Å²) in [5.74, 6) is 1.36. The summed E-state index contributed by atoms with van der Waals surface area (Å²) in [6.45, 7) is 1.57. The first-order chi connectivity index (χ1) is 11.8. The molecule has 5 nitrogen and oxygen atoms in total. The van der Waals surface area contributed by atoms with Crippen molar-refractivity contribution in [2.75, 3.05) is 29.5 Å². The smallest absolute Gasteiger partial charge is 0.154 e. The fraction of sp³-hybridized carbons (Fsp3) is 0.222. The number of hydrogen-bond acceptors (Lipinski definition) is 6. The predicted molar refractivity (Wildman–Crippen MR) is 102 cm³/mol. The number of aromatic nitrogens is 2. The third-order valence-corrected chi connectivity index (χ3v) is 4.61. The van der Waals surface area contributed by atoms with E-state index < -0.39 is 0 Å². The highest BCUT2D eigenvalue weighted by Gasteiger charge is 2.07. The van der Waals surface area contributed by atoms with Crippen LogP contribution in [-0.4, -0.2) is 23.1 Å². The number of nitrogen functional groups attached to an aromatic ring is 1. The Kier molecular flexibility index (Phi) is 5.63. The first kappa shape index (κ1) is 16.3. The molecule has 0 radical (unpaired) electrons. The summed E-state index contributed by atoms with van der Waals surface area (Å²) in [4.78, 5) is 9.83. The Morgan fingerprint density at radius 2 is 1.58 bits per heavy atom. The highest BCUT2D eigenvalue weighted by Crippen LogP contribution is 2.22. The van der Waals surface area contributed by atoms with Crippen LogP contribution in [0.15, 0.2) is 54.2 Å². The normalized spacial score (nSPS) is 10.5. The monoisotopic (exact) mass is 339 g/mol. The van der Waals surface area contributed by atoms with Crippen LogP contribution >= 0.6 is 11.3 Å². The van der Waals surface area contributed by atoms with E-state index >= 15 is 0 Å². The summed E-state index contributed by atoms with van der Waals surface area (Å²) in [7, 11) is 0. The lowest BCUT2D eigenvalue weighted by Gasteiger charge is -2.12. The minimum absolute atomic E-state index is 0.566. The van der Waals surface area contributed by atoms with Gasteiger partial charge in [0.1, 0.15) is 12.0 Å². The van der Waals surface area contributed by atoms with Crippen molar-refractivity contribution in [3.63, 3.8) is 0 Å². The minimum atomic E-state index is 0.566. The second-order valence-electron chi connectivity index (χ2n) is 5.40. The van der Waals surface area contributed by atoms with E-state index in [9.17, 15) is 0 Å². The van der Waals surface area contributed by atoms with Crippen LogP contribution in [0.5, 0.6) is 0 Å². The second-order valence-corrected chi connectivity index (χ2v) is 6.44. The highest BCUT2D eigenvalue weighted by atomic mass is 32.1. The van der Waals surface area contributed by atoms with Crippen LogP contribution in [0.25, 0.3) is 0 Å². The molecule has 4 N–H and O–H groups in total. The van der Waals surface area contributed by atoms with Gasteiger partial charge in [0.15, 0.2) is 11.6 Å². The number of nitrogens with zero attached hydrogens (tertiary/aromatic N) is 2.